The van der Waals surface area contributed by atoms with E-state index < -0.39 is 23.0 Å². The monoisotopic (exact) mass is 449 g/mol. The van der Waals surface area contributed by atoms with Crippen LogP contribution in [0.3, 0.4) is 0 Å². The van der Waals surface area contributed by atoms with Gasteiger partial charge in [-0.3, -0.25) is 4.79 Å². The van der Waals surface area contributed by atoms with Crippen LogP contribution < -0.4 is 10.1 Å². The quantitative estimate of drug-likeness (QED) is 0.710. The van der Waals surface area contributed by atoms with Crippen molar-refractivity contribution in [3.8, 4) is 5.88 Å². The molecule has 1 aromatic heterocycles. The van der Waals surface area contributed by atoms with E-state index in [-0.39, 0.29) is 24.5 Å². The Morgan fingerprint density at radius 2 is 1.94 bits per heavy atom. The fourth-order valence-corrected chi connectivity index (χ4v) is 4.29. The molecular weight excluding hydrogens is 419 g/mol. The lowest BCUT2D eigenvalue weighted by Crippen LogP contribution is -2.53. The van der Waals surface area contributed by atoms with Crippen molar-refractivity contribution in [1.29, 1.82) is 0 Å². The van der Waals surface area contributed by atoms with Gasteiger partial charge in [0.15, 0.2) is 0 Å². The third kappa shape index (κ3) is 5.23. The van der Waals surface area contributed by atoms with Gasteiger partial charge in [0, 0.05) is 31.7 Å². The van der Waals surface area contributed by atoms with Crippen LogP contribution in [0.5, 0.6) is 5.88 Å². The summed E-state index contributed by atoms with van der Waals surface area (Å²) in [7, 11) is 1.77. The number of nitrogens with zero attached hydrogens (tertiary/aromatic N) is 2. The molecule has 2 atom stereocenters. The third-order valence-electron chi connectivity index (χ3n) is 6.08. The molecule has 174 valence electrons. The molecule has 32 heavy (non-hydrogen) atoms. The second-order valence-electron chi connectivity index (χ2n) is 8.97. The van der Waals surface area contributed by atoms with Crippen LogP contribution in [0.4, 0.5) is 13.2 Å². The Kier molecular flexibility index (Phi) is 7.12. The van der Waals surface area contributed by atoms with Crippen LogP contribution in [-0.4, -0.2) is 48.6 Å². The van der Waals surface area contributed by atoms with Crippen molar-refractivity contribution >= 4 is 5.91 Å². The fraction of sp³-hybridized carbons (Fsp3) is 0.500. The number of alkyl halides is 3. The van der Waals surface area contributed by atoms with Crippen LogP contribution in [0.2, 0.25) is 0 Å². The van der Waals surface area contributed by atoms with E-state index in [0.717, 1.165) is 25.6 Å². The SMILES string of the molecule is Cc1ccccc1[C@@H]1CNCC[C@@H]1N(C)C(=O)C(C)(C)COc1ncccc1C(F)(F)F. The molecule has 1 aliphatic heterocycles. The first kappa shape index (κ1) is 24.0. The van der Waals surface area contributed by atoms with Crippen LogP contribution in [0, 0.1) is 12.3 Å². The molecule has 5 nitrogen and oxygen atoms in total. The first-order valence-corrected chi connectivity index (χ1v) is 10.7. The van der Waals surface area contributed by atoms with Crippen molar-refractivity contribution in [1.82, 2.24) is 15.2 Å². The van der Waals surface area contributed by atoms with Gasteiger partial charge in [-0.25, -0.2) is 4.98 Å². The molecule has 0 aliphatic carbocycles. The van der Waals surface area contributed by atoms with Crippen molar-refractivity contribution in [2.24, 2.45) is 5.41 Å². The van der Waals surface area contributed by atoms with Crippen LogP contribution in [0.1, 0.15) is 42.9 Å². The molecule has 8 heteroatoms. The lowest BCUT2D eigenvalue weighted by atomic mass is 9.82. The van der Waals surface area contributed by atoms with E-state index in [1.807, 2.05) is 12.1 Å². The first-order valence-electron chi connectivity index (χ1n) is 10.7. The number of aryl methyl sites for hydroxylation is 1. The van der Waals surface area contributed by atoms with E-state index >= 15 is 0 Å². The lowest BCUT2D eigenvalue weighted by Gasteiger charge is -2.42. The van der Waals surface area contributed by atoms with Gasteiger partial charge in [0.1, 0.15) is 12.2 Å². The second kappa shape index (κ2) is 9.48. The summed E-state index contributed by atoms with van der Waals surface area (Å²) in [6.45, 7) is 6.77. The van der Waals surface area contributed by atoms with Gasteiger partial charge in [-0.05, 0) is 57.0 Å². The normalized spacial score (nSPS) is 19.5. The number of hydrogen-bond acceptors (Lipinski definition) is 4. The number of carbonyl (C=O) groups excluding carboxylic acids is 1. The topological polar surface area (TPSA) is 54.5 Å². The standard InChI is InChI=1S/C24H30F3N3O2/c1-16-8-5-6-9-17(16)18-14-28-13-11-20(18)30(4)22(31)23(2,3)15-32-21-19(24(25,26)27)10-7-12-29-21/h5-10,12,18,20,28H,11,13-15H2,1-4H3/t18-,20-/m0/s1. The number of likely N-dealkylation sites (N-methyl/N-ethyl adjacent to an activating group) is 1. The molecular formula is C24H30F3N3O2. The summed E-state index contributed by atoms with van der Waals surface area (Å²) in [6, 6.07) is 10.3. The molecule has 1 fully saturated rings. The van der Waals surface area contributed by atoms with Gasteiger partial charge < -0.3 is 15.0 Å². The Balaban J connectivity index is 1.76. The molecule has 0 radical (unpaired) electrons. The summed E-state index contributed by atoms with van der Waals surface area (Å²) in [5.41, 5.74) is 0.386. The zero-order chi connectivity index (χ0) is 23.5. The summed E-state index contributed by atoms with van der Waals surface area (Å²) in [4.78, 5) is 18.9. The highest BCUT2D eigenvalue weighted by Crippen LogP contribution is 2.36. The van der Waals surface area contributed by atoms with E-state index in [2.05, 4.69) is 29.4 Å². The number of halogens is 3. The number of piperidine rings is 1. The number of aromatic nitrogens is 1. The number of amides is 1. The third-order valence-corrected chi connectivity index (χ3v) is 6.08. The van der Waals surface area contributed by atoms with Crippen LogP contribution in [0.15, 0.2) is 42.6 Å². The maximum Gasteiger partial charge on any atom is 0.421 e. The highest BCUT2D eigenvalue weighted by atomic mass is 19.4. The lowest BCUT2D eigenvalue weighted by molar-refractivity contribution is -0.144. The van der Waals surface area contributed by atoms with Crippen molar-refractivity contribution < 1.29 is 22.7 Å². The van der Waals surface area contributed by atoms with Gasteiger partial charge in [-0.15, -0.1) is 0 Å². The minimum atomic E-state index is -4.58. The van der Waals surface area contributed by atoms with E-state index in [0.29, 0.717) is 0 Å². The Morgan fingerprint density at radius 3 is 2.62 bits per heavy atom. The number of pyridine rings is 1. The Hall–Kier alpha value is -2.61. The number of nitrogens with one attached hydrogen (secondary N) is 1. The molecule has 0 spiro atoms. The fourth-order valence-electron chi connectivity index (χ4n) is 4.29. The van der Waals surface area contributed by atoms with Crippen molar-refractivity contribution in [2.45, 2.75) is 45.3 Å². The van der Waals surface area contributed by atoms with E-state index in [9.17, 15) is 18.0 Å². The number of carbonyl (C=O) groups is 1. The molecule has 1 saturated heterocycles. The van der Waals surface area contributed by atoms with Gasteiger partial charge in [0.2, 0.25) is 11.8 Å². The molecule has 1 N–H and O–H groups in total. The first-order chi connectivity index (χ1) is 15.0. The molecule has 0 bridgehead atoms. The molecule has 0 saturated carbocycles. The Bertz CT molecular complexity index is 946. The maximum atomic E-state index is 13.4. The zero-order valence-corrected chi connectivity index (χ0v) is 18.9. The Morgan fingerprint density at radius 1 is 1.22 bits per heavy atom. The largest absolute Gasteiger partial charge is 0.476 e. The van der Waals surface area contributed by atoms with Gasteiger partial charge >= 0.3 is 6.18 Å². The van der Waals surface area contributed by atoms with Gasteiger partial charge in [-0.1, -0.05) is 24.3 Å². The predicted molar refractivity (Wildman–Crippen MR) is 116 cm³/mol. The summed E-state index contributed by atoms with van der Waals surface area (Å²) in [6.07, 6.45) is -2.55. The van der Waals surface area contributed by atoms with Crippen molar-refractivity contribution in [2.75, 3.05) is 26.7 Å². The summed E-state index contributed by atoms with van der Waals surface area (Å²) >= 11 is 0. The number of rotatable bonds is 6. The molecule has 1 amide bonds. The maximum absolute atomic E-state index is 13.4. The summed E-state index contributed by atoms with van der Waals surface area (Å²) < 4.78 is 45.1. The smallest absolute Gasteiger partial charge is 0.421 e. The number of benzene rings is 1. The van der Waals surface area contributed by atoms with Crippen molar-refractivity contribution in [3.63, 3.8) is 0 Å². The van der Waals surface area contributed by atoms with Crippen molar-refractivity contribution in [3.05, 3.63) is 59.3 Å². The zero-order valence-electron chi connectivity index (χ0n) is 18.9. The van der Waals surface area contributed by atoms with Gasteiger partial charge in [-0.2, -0.15) is 13.2 Å². The summed E-state index contributed by atoms with van der Waals surface area (Å²) in [5.74, 6) is -0.557. The van der Waals surface area contributed by atoms with Gasteiger partial charge in [0.05, 0.1) is 5.41 Å². The molecule has 1 aromatic carbocycles. The second-order valence-corrected chi connectivity index (χ2v) is 8.97. The molecule has 0 unspecified atom stereocenters. The predicted octanol–water partition coefficient (Wildman–Crippen LogP) is 4.42. The van der Waals surface area contributed by atoms with Crippen LogP contribution in [0.25, 0.3) is 0 Å². The number of hydrogen-bond donors (Lipinski definition) is 1. The highest BCUT2D eigenvalue weighted by Gasteiger charge is 2.40. The minimum Gasteiger partial charge on any atom is -0.476 e. The average Bonchev–Trinajstić information content (AvgIpc) is 2.76. The molecule has 2 aromatic rings. The average molecular weight is 450 g/mol. The molecule has 2 heterocycles. The Labute approximate surface area is 187 Å². The number of ether oxygens (including phenoxy) is 1. The summed E-state index contributed by atoms with van der Waals surface area (Å²) in [5, 5.41) is 3.41. The van der Waals surface area contributed by atoms with Crippen LogP contribution >= 0.6 is 0 Å². The van der Waals surface area contributed by atoms with E-state index in [4.69, 9.17) is 4.74 Å². The molecule has 3 rings (SSSR count). The minimum absolute atomic E-state index is 0.0234. The highest BCUT2D eigenvalue weighted by molar-refractivity contribution is 5.82. The molecule has 1 aliphatic rings. The van der Waals surface area contributed by atoms with E-state index in [1.54, 1.807) is 25.8 Å². The van der Waals surface area contributed by atoms with Crippen LogP contribution in [-0.2, 0) is 11.0 Å². The van der Waals surface area contributed by atoms with Gasteiger partial charge in [0.25, 0.3) is 0 Å². The van der Waals surface area contributed by atoms with E-state index in [1.165, 1.54) is 23.4 Å².